The summed E-state index contributed by atoms with van der Waals surface area (Å²) in [6.45, 7) is 1.85. The van der Waals surface area contributed by atoms with Crippen molar-refractivity contribution in [1.82, 2.24) is 0 Å². The Bertz CT molecular complexity index is 1410. The highest BCUT2D eigenvalue weighted by Gasteiger charge is 2.40. The molecule has 1 aliphatic rings. The van der Waals surface area contributed by atoms with Gasteiger partial charge in [0.2, 0.25) is 5.91 Å². The topological polar surface area (TPSA) is 40.6 Å². The third-order valence-electron chi connectivity index (χ3n) is 6.80. The van der Waals surface area contributed by atoms with E-state index in [-0.39, 0.29) is 23.9 Å². The number of benzene rings is 4. The Kier molecular flexibility index (Phi) is 7.06. The van der Waals surface area contributed by atoms with Gasteiger partial charge >= 0.3 is 0 Å². The lowest BCUT2D eigenvalue weighted by Gasteiger charge is -2.45. The molecule has 0 radical (unpaired) electrons. The number of para-hydroxylation sites is 1. The fourth-order valence-corrected chi connectivity index (χ4v) is 5.18. The van der Waals surface area contributed by atoms with Crippen molar-refractivity contribution < 1.29 is 14.0 Å². The number of carbonyl (C=O) groups is 2. The maximum absolute atomic E-state index is 13.9. The molecule has 0 aromatic heterocycles. The Morgan fingerprint density at radius 2 is 1.54 bits per heavy atom. The first kappa shape index (κ1) is 24.7. The number of rotatable bonds is 5. The zero-order chi connectivity index (χ0) is 25.9. The van der Waals surface area contributed by atoms with Crippen LogP contribution in [0, 0.1) is 5.82 Å². The van der Waals surface area contributed by atoms with Crippen molar-refractivity contribution in [1.29, 1.82) is 0 Å². The Morgan fingerprint density at radius 1 is 0.892 bits per heavy atom. The summed E-state index contributed by atoms with van der Waals surface area (Å²) in [5.74, 6) is -0.640. The van der Waals surface area contributed by atoms with E-state index in [1.54, 1.807) is 17.0 Å². The van der Waals surface area contributed by atoms with Crippen LogP contribution in [0.15, 0.2) is 103 Å². The zero-order valence-electron chi connectivity index (χ0n) is 20.4. The molecule has 0 saturated heterocycles. The highest BCUT2D eigenvalue weighted by Crippen LogP contribution is 2.48. The summed E-state index contributed by atoms with van der Waals surface area (Å²) < 4.78 is 13.6. The van der Waals surface area contributed by atoms with Crippen molar-refractivity contribution in [3.63, 3.8) is 0 Å². The van der Waals surface area contributed by atoms with Crippen LogP contribution in [-0.2, 0) is 4.79 Å². The molecular weight excluding hydrogens is 487 g/mol. The summed E-state index contributed by atoms with van der Waals surface area (Å²) in [5.41, 5.74) is 3.71. The minimum Gasteiger partial charge on any atom is -0.305 e. The normalized spacial score (nSPS) is 16.7. The maximum atomic E-state index is 13.9. The third kappa shape index (κ3) is 4.87. The van der Waals surface area contributed by atoms with E-state index in [1.807, 2.05) is 78.6 Å². The molecule has 2 atom stereocenters. The van der Waals surface area contributed by atoms with Crippen LogP contribution >= 0.6 is 11.6 Å². The molecule has 0 saturated carbocycles. The van der Waals surface area contributed by atoms with Crippen LogP contribution in [0.25, 0.3) is 0 Å². The summed E-state index contributed by atoms with van der Waals surface area (Å²) in [4.78, 5) is 30.9. The molecule has 5 rings (SSSR count). The van der Waals surface area contributed by atoms with E-state index in [9.17, 15) is 14.0 Å². The van der Waals surface area contributed by atoms with E-state index in [1.165, 1.54) is 24.3 Å². The van der Waals surface area contributed by atoms with Gasteiger partial charge in [-0.3, -0.25) is 9.59 Å². The summed E-state index contributed by atoms with van der Waals surface area (Å²) >= 11 is 6.15. The number of carbonyl (C=O) groups excluding carboxylic acids is 2. The molecule has 4 nitrogen and oxygen atoms in total. The first-order valence-corrected chi connectivity index (χ1v) is 12.7. The second-order valence-corrected chi connectivity index (χ2v) is 9.45. The van der Waals surface area contributed by atoms with Gasteiger partial charge in [0.05, 0.1) is 12.1 Å². The van der Waals surface area contributed by atoms with Gasteiger partial charge in [-0.25, -0.2) is 4.39 Å². The third-order valence-corrected chi connectivity index (χ3v) is 7.05. The van der Waals surface area contributed by atoms with E-state index < -0.39 is 5.82 Å². The number of amides is 2. The quantitative estimate of drug-likeness (QED) is 0.274. The molecule has 4 aromatic rings. The predicted octanol–water partition coefficient (Wildman–Crippen LogP) is 7.76. The molecule has 0 N–H and O–H groups in total. The molecule has 1 aliphatic heterocycles. The maximum Gasteiger partial charge on any atom is 0.258 e. The van der Waals surface area contributed by atoms with Crippen molar-refractivity contribution >= 4 is 34.8 Å². The summed E-state index contributed by atoms with van der Waals surface area (Å²) in [6.07, 6.45) is 0.817. The first-order valence-electron chi connectivity index (χ1n) is 12.3. The number of anilines is 2. The average Bonchev–Trinajstić information content (AvgIpc) is 2.94. The van der Waals surface area contributed by atoms with Gasteiger partial charge in [0.15, 0.2) is 0 Å². The van der Waals surface area contributed by atoms with Crippen LogP contribution in [0.4, 0.5) is 15.8 Å². The van der Waals surface area contributed by atoms with Gasteiger partial charge in [-0.2, -0.15) is 0 Å². The lowest BCUT2D eigenvalue weighted by molar-refractivity contribution is -0.118. The van der Waals surface area contributed by atoms with E-state index >= 15 is 0 Å². The summed E-state index contributed by atoms with van der Waals surface area (Å²) in [6, 6.07) is 29.7. The minimum atomic E-state index is -0.396. The Balaban J connectivity index is 1.68. The van der Waals surface area contributed by atoms with Crippen molar-refractivity contribution in [2.75, 3.05) is 9.80 Å². The molecule has 6 heteroatoms. The van der Waals surface area contributed by atoms with Crippen molar-refractivity contribution in [3.8, 4) is 0 Å². The van der Waals surface area contributed by atoms with Gasteiger partial charge in [-0.1, -0.05) is 67.1 Å². The number of hydrogen-bond acceptors (Lipinski definition) is 2. The monoisotopic (exact) mass is 512 g/mol. The van der Waals surface area contributed by atoms with Gasteiger partial charge in [-0.05, 0) is 72.1 Å². The molecule has 186 valence electrons. The van der Waals surface area contributed by atoms with Crippen LogP contribution in [0.5, 0.6) is 0 Å². The van der Waals surface area contributed by atoms with Crippen molar-refractivity contribution in [2.45, 2.75) is 31.8 Å². The summed E-state index contributed by atoms with van der Waals surface area (Å²) in [7, 11) is 0. The minimum absolute atomic E-state index is 0.0211. The SMILES string of the molecule is CCC(=O)N(c1ccc(Cl)cc1)C1CC(c2ccccc2)N(C(=O)c2ccc(F)cc2)c2ccccc21. The van der Waals surface area contributed by atoms with E-state index in [0.717, 1.165) is 22.5 Å². The second kappa shape index (κ2) is 10.6. The average molecular weight is 513 g/mol. The van der Waals surface area contributed by atoms with E-state index in [4.69, 9.17) is 11.6 Å². The van der Waals surface area contributed by atoms with Crippen molar-refractivity contribution in [3.05, 3.63) is 131 Å². The lowest BCUT2D eigenvalue weighted by atomic mass is 9.85. The fourth-order valence-electron chi connectivity index (χ4n) is 5.06. The molecule has 4 aromatic carbocycles. The number of nitrogens with zero attached hydrogens (tertiary/aromatic N) is 2. The first-order chi connectivity index (χ1) is 18.0. The van der Waals surface area contributed by atoms with Gasteiger partial charge in [0, 0.05) is 28.4 Å². The Morgan fingerprint density at radius 3 is 2.22 bits per heavy atom. The van der Waals surface area contributed by atoms with Crippen LogP contribution in [0.2, 0.25) is 5.02 Å². The van der Waals surface area contributed by atoms with Gasteiger partial charge in [0.1, 0.15) is 5.82 Å². The molecule has 2 unspecified atom stereocenters. The van der Waals surface area contributed by atoms with Gasteiger partial charge in [-0.15, -0.1) is 0 Å². The molecule has 0 spiro atoms. The van der Waals surface area contributed by atoms with Crippen LogP contribution in [0.1, 0.15) is 53.3 Å². The number of fused-ring (bicyclic) bond motifs is 1. The molecular formula is C31H26ClFN2O2. The molecule has 1 heterocycles. The molecule has 2 amide bonds. The standard InChI is InChI=1S/C31H26ClFN2O2/c1-2-30(36)34(25-18-14-23(32)15-19-25)29-20-28(21-8-4-3-5-9-21)35(27-11-7-6-10-26(27)29)31(37)22-12-16-24(33)17-13-22/h3-19,28-29H,2,20H2,1H3. The smallest absolute Gasteiger partial charge is 0.258 e. The highest BCUT2D eigenvalue weighted by molar-refractivity contribution is 6.30. The lowest BCUT2D eigenvalue weighted by Crippen LogP contribution is -2.45. The van der Waals surface area contributed by atoms with Crippen LogP contribution in [0.3, 0.4) is 0 Å². The van der Waals surface area contributed by atoms with Gasteiger partial charge < -0.3 is 9.80 Å². The van der Waals surface area contributed by atoms with Crippen LogP contribution in [-0.4, -0.2) is 11.8 Å². The molecule has 0 bridgehead atoms. The largest absolute Gasteiger partial charge is 0.305 e. The predicted molar refractivity (Wildman–Crippen MR) is 145 cm³/mol. The summed E-state index contributed by atoms with van der Waals surface area (Å²) in [5, 5.41) is 0.593. The van der Waals surface area contributed by atoms with Gasteiger partial charge in [0.25, 0.3) is 5.91 Å². The Labute approximate surface area is 220 Å². The molecule has 37 heavy (non-hydrogen) atoms. The number of halogens is 2. The fraction of sp³-hybridized carbons (Fsp3) is 0.161. The Hall–Kier alpha value is -3.96. The number of hydrogen-bond donors (Lipinski definition) is 0. The van der Waals surface area contributed by atoms with E-state index in [2.05, 4.69) is 0 Å². The van der Waals surface area contributed by atoms with E-state index in [0.29, 0.717) is 23.4 Å². The molecule has 0 aliphatic carbocycles. The zero-order valence-corrected chi connectivity index (χ0v) is 21.1. The molecule has 0 fully saturated rings. The second-order valence-electron chi connectivity index (χ2n) is 9.01. The van der Waals surface area contributed by atoms with Crippen LogP contribution < -0.4 is 9.80 Å². The van der Waals surface area contributed by atoms with Crippen molar-refractivity contribution in [2.24, 2.45) is 0 Å². The highest BCUT2D eigenvalue weighted by atomic mass is 35.5.